The van der Waals surface area contributed by atoms with Gasteiger partial charge in [0, 0.05) is 32.2 Å². The standard InChI is InChI=1S/C16H25N3O/c1-18(2)15-6-4-13(5-7-15)12-17-16(20)14-8-10-19(3)11-9-14/h4-7,14H,8-12H2,1-3H3,(H,17,20). The molecule has 0 atom stereocenters. The zero-order valence-corrected chi connectivity index (χ0v) is 12.7. The first-order valence-electron chi connectivity index (χ1n) is 7.29. The largest absolute Gasteiger partial charge is 0.378 e. The number of amides is 1. The molecule has 1 heterocycles. The quantitative estimate of drug-likeness (QED) is 0.908. The van der Waals surface area contributed by atoms with Gasteiger partial charge in [0.05, 0.1) is 0 Å². The molecule has 110 valence electrons. The third-order valence-electron chi connectivity index (χ3n) is 4.01. The van der Waals surface area contributed by atoms with Crippen molar-refractivity contribution in [2.24, 2.45) is 5.92 Å². The lowest BCUT2D eigenvalue weighted by Gasteiger charge is -2.28. The molecule has 2 rings (SSSR count). The summed E-state index contributed by atoms with van der Waals surface area (Å²) in [6.07, 6.45) is 1.95. The summed E-state index contributed by atoms with van der Waals surface area (Å²) in [5, 5.41) is 3.06. The maximum Gasteiger partial charge on any atom is 0.223 e. The average Bonchev–Trinajstić information content (AvgIpc) is 2.46. The summed E-state index contributed by atoms with van der Waals surface area (Å²) in [7, 11) is 6.16. The van der Waals surface area contributed by atoms with Crippen LogP contribution in [0.25, 0.3) is 0 Å². The number of hydrogen-bond donors (Lipinski definition) is 1. The van der Waals surface area contributed by atoms with Gasteiger partial charge in [-0.05, 0) is 50.7 Å². The molecule has 0 saturated carbocycles. The zero-order valence-electron chi connectivity index (χ0n) is 12.7. The monoisotopic (exact) mass is 275 g/mol. The second-order valence-corrected chi connectivity index (χ2v) is 5.86. The average molecular weight is 275 g/mol. The van der Waals surface area contributed by atoms with Gasteiger partial charge < -0.3 is 15.1 Å². The minimum atomic E-state index is 0.187. The minimum Gasteiger partial charge on any atom is -0.378 e. The molecule has 1 amide bonds. The molecule has 1 aliphatic heterocycles. The van der Waals surface area contributed by atoms with Crippen molar-refractivity contribution in [2.75, 3.05) is 39.1 Å². The summed E-state index contributed by atoms with van der Waals surface area (Å²) in [5.74, 6) is 0.391. The number of rotatable bonds is 4. The van der Waals surface area contributed by atoms with Crippen LogP contribution in [-0.2, 0) is 11.3 Å². The van der Waals surface area contributed by atoms with E-state index in [4.69, 9.17) is 0 Å². The van der Waals surface area contributed by atoms with E-state index in [0.717, 1.165) is 31.5 Å². The van der Waals surface area contributed by atoms with E-state index >= 15 is 0 Å². The van der Waals surface area contributed by atoms with E-state index in [2.05, 4.69) is 46.4 Å². The topological polar surface area (TPSA) is 35.6 Å². The molecule has 1 aromatic carbocycles. The molecule has 4 heteroatoms. The minimum absolute atomic E-state index is 0.187. The molecule has 1 aromatic rings. The Hall–Kier alpha value is -1.55. The van der Waals surface area contributed by atoms with E-state index < -0.39 is 0 Å². The second-order valence-electron chi connectivity index (χ2n) is 5.86. The highest BCUT2D eigenvalue weighted by Gasteiger charge is 2.22. The van der Waals surface area contributed by atoms with Gasteiger partial charge in [0.2, 0.25) is 5.91 Å². The summed E-state index contributed by atoms with van der Waals surface area (Å²) >= 11 is 0. The molecule has 0 spiro atoms. The number of anilines is 1. The lowest BCUT2D eigenvalue weighted by atomic mass is 9.96. The highest BCUT2D eigenvalue weighted by molar-refractivity contribution is 5.78. The molecule has 1 N–H and O–H groups in total. The number of benzene rings is 1. The van der Waals surface area contributed by atoms with Crippen LogP contribution in [-0.4, -0.2) is 45.0 Å². The van der Waals surface area contributed by atoms with Gasteiger partial charge in [-0.25, -0.2) is 0 Å². The van der Waals surface area contributed by atoms with Crippen molar-refractivity contribution >= 4 is 11.6 Å². The Morgan fingerprint density at radius 3 is 2.40 bits per heavy atom. The van der Waals surface area contributed by atoms with Crippen LogP contribution < -0.4 is 10.2 Å². The molecule has 20 heavy (non-hydrogen) atoms. The van der Waals surface area contributed by atoms with Gasteiger partial charge >= 0.3 is 0 Å². The van der Waals surface area contributed by atoms with Crippen LogP contribution in [0.4, 0.5) is 5.69 Å². The first kappa shape index (κ1) is 14.9. The van der Waals surface area contributed by atoms with Gasteiger partial charge in [0.15, 0.2) is 0 Å². The predicted octanol–water partition coefficient (Wildman–Crippen LogP) is 1.71. The fourth-order valence-electron chi connectivity index (χ4n) is 2.52. The Bertz CT molecular complexity index is 434. The maximum absolute atomic E-state index is 12.1. The third kappa shape index (κ3) is 3.97. The fraction of sp³-hybridized carbons (Fsp3) is 0.562. The van der Waals surface area contributed by atoms with Crippen molar-refractivity contribution in [1.82, 2.24) is 10.2 Å². The highest BCUT2D eigenvalue weighted by Crippen LogP contribution is 2.16. The first-order valence-corrected chi connectivity index (χ1v) is 7.29. The van der Waals surface area contributed by atoms with Crippen LogP contribution in [0.2, 0.25) is 0 Å². The van der Waals surface area contributed by atoms with Gasteiger partial charge in [-0.2, -0.15) is 0 Å². The molecule has 4 nitrogen and oxygen atoms in total. The number of likely N-dealkylation sites (tertiary alicyclic amines) is 1. The van der Waals surface area contributed by atoms with Crippen molar-refractivity contribution in [1.29, 1.82) is 0 Å². The van der Waals surface area contributed by atoms with E-state index in [1.54, 1.807) is 0 Å². The number of carbonyl (C=O) groups excluding carboxylic acids is 1. The van der Waals surface area contributed by atoms with Crippen LogP contribution in [0.1, 0.15) is 18.4 Å². The van der Waals surface area contributed by atoms with Crippen LogP contribution in [0.5, 0.6) is 0 Å². The van der Waals surface area contributed by atoms with Crippen molar-refractivity contribution in [3.8, 4) is 0 Å². The van der Waals surface area contributed by atoms with E-state index in [-0.39, 0.29) is 11.8 Å². The molecule has 1 aliphatic rings. The summed E-state index contributed by atoms with van der Waals surface area (Å²) in [6.45, 7) is 2.67. The van der Waals surface area contributed by atoms with Crippen molar-refractivity contribution in [3.63, 3.8) is 0 Å². The van der Waals surface area contributed by atoms with Crippen LogP contribution in [0.15, 0.2) is 24.3 Å². The van der Waals surface area contributed by atoms with Crippen molar-refractivity contribution in [3.05, 3.63) is 29.8 Å². The Morgan fingerprint density at radius 2 is 1.85 bits per heavy atom. The second kappa shape index (κ2) is 6.75. The lowest BCUT2D eigenvalue weighted by molar-refractivity contribution is -0.126. The van der Waals surface area contributed by atoms with Gasteiger partial charge in [-0.3, -0.25) is 4.79 Å². The Labute approximate surface area is 121 Å². The van der Waals surface area contributed by atoms with E-state index in [1.807, 2.05) is 14.1 Å². The van der Waals surface area contributed by atoms with Gasteiger partial charge in [0.25, 0.3) is 0 Å². The van der Waals surface area contributed by atoms with Crippen LogP contribution in [0, 0.1) is 5.92 Å². The Balaban J connectivity index is 1.81. The van der Waals surface area contributed by atoms with Gasteiger partial charge in [-0.1, -0.05) is 12.1 Å². The number of nitrogens with zero attached hydrogens (tertiary/aromatic N) is 2. The molecule has 1 fully saturated rings. The molecule has 0 aromatic heterocycles. The van der Waals surface area contributed by atoms with Crippen molar-refractivity contribution < 1.29 is 4.79 Å². The number of nitrogens with one attached hydrogen (secondary N) is 1. The lowest BCUT2D eigenvalue weighted by Crippen LogP contribution is -2.38. The van der Waals surface area contributed by atoms with E-state index in [0.29, 0.717) is 6.54 Å². The number of hydrogen-bond acceptors (Lipinski definition) is 3. The van der Waals surface area contributed by atoms with Crippen molar-refractivity contribution in [2.45, 2.75) is 19.4 Å². The molecule has 0 bridgehead atoms. The molecular weight excluding hydrogens is 250 g/mol. The maximum atomic E-state index is 12.1. The SMILES string of the molecule is CN1CCC(C(=O)NCc2ccc(N(C)C)cc2)CC1. The zero-order chi connectivity index (χ0) is 14.5. The van der Waals surface area contributed by atoms with Gasteiger partial charge in [-0.15, -0.1) is 0 Å². The molecular formula is C16H25N3O. The smallest absolute Gasteiger partial charge is 0.223 e. The van der Waals surface area contributed by atoms with Crippen LogP contribution >= 0.6 is 0 Å². The van der Waals surface area contributed by atoms with E-state index in [9.17, 15) is 4.79 Å². The Kier molecular flexibility index (Phi) is 5.01. The third-order valence-corrected chi connectivity index (χ3v) is 4.01. The molecule has 0 aliphatic carbocycles. The molecule has 1 saturated heterocycles. The van der Waals surface area contributed by atoms with Crippen LogP contribution in [0.3, 0.4) is 0 Å². The number of carbonyl (C=O) groups is 1. The highest BCUT2D eigenvalue weighted by atomic mass is 16.1. The summed E-state index contributed by atoms with van der Waals surface area (Å²) in [5.41, 5.74) is 2.33. The summed E-state index contributed by atoms with van der Waals surface area (Å²) < 4.78 is 0. The molecule has 0 radical (unpaired) electrons. The van der Waals surface area contributed by atoms with E-state index in [1.165, 1.54) is 5.69 Å². The summed E-state index contributed by atoms with van der Waals surface area (Å²) in [4.78, 5) is 16.5. The first-order chi connectivity index (χ1) is 9.56. The predicted molar refractivity (Wildman–Crippen MR) is 82.8 cm³/mol. The van der Waals surface area contributed by atoms with Gasteiger partial charge in [0.1, 0.15) is 0 Å². The summed E-state index contributed by atoms with van der Waals surface area (Å²) in [6, 6.07) is 8.31. The number of piperidine rings is 1. The normalized spacial score (nSPS) is 16.9. The fourth-order valence-corrected chi connectivity index (χ4v) is 2.52. The Morgan fingerprint density at radius 1 is 1.25 bits per heavy atom. The molecule has 0 unspecified atom stereocenters.